The van der Waals surface area contributed by atoms with Gasteiger partial charge >= 0.3 is 53.7 Å². The minimum Gasteiger partial charge on any atom is -0.463 e. The zero-order valence-electron chi connectivity index (χ0n) is 35.4. The first-order chi connectivity index (χ1) is 28.5. The van der Waals surface area contributed by atoms with Crippen LogP contribution in [0, 0.1) is 0 Å². The van der Waals surface area contributed by atoms with Gasteiger partial charge in [0.15, 0.2) is 67.7 Å². The molecule has 24 nitrogen and oxygen atoms in total. The number of esters is 9. The highest BCUT2D eigenvalue weighted by Crippen LogP contribution is 2.38. The molecule has 0 bridgehead atoms. The smallest absolute Gasteiger partial charge is 0.303 e. The molecule has 24 heteroatoms. The van der Waals surface area contributed by atoms with Crippen molar-refractivity contribution in [3.63, 3.8) is 0 Å². The van der Waals surface area contributed by atoms with E-state index in [1.165, 1.54) is 14.0 Å². The van der Waals surface area contributed by atoms with Gasteiger partial charge in [-0.05, 0) is 6.92 Å². The molecule has 3 fully saturated rings. The molecule has 15 atom stereocenters. The molecule has 3 rings (SSSR count). The Morgan fingerprint density at radius 3 is 1.10 bits per heavy atom. The zero-order valence-corrected chi connectivity index (χ0v) is 35.4. The maximum atomic E-state index is 12.8. The molecule has 0 aromatic heterocycles. The average Bonchev–Trinajstić information content (AvgIpc) is 3.12. The summed E-state index contributed by atoms with van der Waals surface area (Å²) in [6.07, 6.45) is -24.5. The van der Waals surface area contributed by atoms with E-state index in [4.69, 9.17) is 71.1 Å². The van der Waals surface area contributed by atoms with Crippen molar-refractivity contribution >= 4 is 53.7 Å². The number of carbonyl (C=O) groups is 9. The van der Waals surface area contributed by atoms with Crippen LogP contribution in [0.3, 0.4) is 0 Å². The molecule has 0 spiro atoms. The van der Waals surface area contributed by atoms with Gasteiger partial charge in [0.25, 0.3) is 0 Å². The van der Waals surface area contributed by atoms with Crippen molar-refractivity contribution in [3.05, 3.63) is 0 Å². The topological polar surface area (TPSA) is 292 Å². The largest absolute Gasteiger partial charge is 0.463 e. The predicted molar refractivity (Wildman–Crippen MR) is 191 cm³/mol. The molecule has 3 aliphatic heterocycles. The van der Waals surface area contributed by atoms with Crippen LogP contribution in [0.1, 0.15) is 69.2 Å². The van der Waals surface area contributed by atoms with Crippen LogP contribution < -0.4 is 0 Å². The lowest BCUT2D eigenvalue weighted by atomic mass is 9.95. The number of carbonyl (C=O) groups excluding carboxylic acids is 9. The fraction of sp³-hybridized carbons (Fsp3) is 0.757. The van der Waals surface area contributed by atoms with Crippen LogP contribution in [0.5, 0.6) is 0 Å². The normalized spacial score (nSPS) is 33.4. The van der Waals surface area contributed by atoms with E-state index < -0.39 is 159 Å². The van der Waals surface area contributed by atoms with E-state index in [0.717, 1.165) is 62.3 Å². The minimum atomic E-state index is -1.98. The standard InChI is InChI=1S/C37H52O24/c1-14-26(51-17(4)40)29(53-19(6)42)33(57-23(10)46)36(50-14)61-34-30(54-20(7)43)27(52-18(5)41)24(12-48-15(2)38)59-37(34)60-28-25(13-49-16(3)39)58-35(47-11)32(56-22(9)45)31(28)55-21(8)44/h14,24-37H,12-13H2,1-11H3/t14-,24+,25+,26+,27-,28+,29+,30-,31-,32+,33-,34+,35+,36-,37-/m0/s1. The first-order valence-corrected chi connectivity index (χ1v) is 18.8. The van der Waals surface area contributed by atoms with Crippen molar-refractivity contribution < 1.29 is 114 Å². The van der Waals surface area contributed by atoms with E-state index in [9.17, 15) is 43.2 Å². The van der Waals surface area contributed by atoms with E-state index in [0.29, 0.717) is 0 Å². The van der Waals surface area contributed by atoms with Crippen molar-refractivity contribution in [1.82, 2.24) is 0 Å². The highest BCUT2D eigenvalue weighted by atomic mass is 16.8. The lowest BCUT2D eigenvalue weighted by Crippen LogP contribution is -2.68. The summed E-state index contributed by atoms with van der Waals surface area (Å²) in [4.78, 5) is 112. The molecule has 0 radical (unpaired) electrons. The van der Waals surface area contributed by atoms with E-state index in [-0.39, 0.29) is 0 Å². The Morgan fingerprint density at radius 2 is 0.672 bits per heavy atom. The molecule has 61 heavy (non-hydrogen) atoms. The van der Waals surface area contributed by atoms with Crippen LogP contribution in [0.15, 0.2) is 0 Å². The highest BCUT2D eigenvalue weighted by molar-refractivity contribution is 5.70. The van der Waals surface area contributed by atoms with Gasteiger partial charge < -0.3 is 71.1 Å². The van der Waals surface area contributed by atoms with Crippen LogP contribution in [-0.2, 0) is 114 Å². The molecule has 0 N–H and O–H groups in total. The Morgan fingerprint density at radius 1 is 0.361 bits per heavy atom. The molecule has 3 aliphatic rings. The number of ether oxygens (including phenoxy) is 15. The number of rotatable bonds is 16. The highest BCUT2D eigenvalue weighted by Gasteiger charge is 2.59. The molecule has 3 heterocycles. The Hall–Kier alpha value is -5.01. The maximum absolute atomic E-state index is 12.8. The number of hydrogen-bond acceptors (Lipinski definition) is 24. The van der Waals surface area contributed by atoms with Crippen molar-refractivity contribution in [1.29, 1.82) is 0 Å². The Kier molecular flexibility index (Phi) is 18.8. The summed E-state index contributed by atoms with van der Waals surface area (Å²) in [6, 6.07) is 0. The quantitative estimate of drug-likeness (QED) is 0.136. The molecule has 0 saturated carbocycles. The summed E-state index contributed by atoms with van der Waals surface area (Å²) in [5.74, 6) is -8.03. The molecule has 3 saturated heterocycles. The van der Waals surface area contributed by atoms with Gasteiger partial charge in [0.1, 0.15) is 31.5 Å². The Balaban J connectivity index is 2.33. The third-order valence-electron chi connectivity index (χ3n) is 8.74. The van der Waals surface area contributed by atoms with Crippen molar-refractivity contribution in [2.24, 2.45) is 0 Å². The minimum absolute atomic E-state index is 0.609. The molecule has 0 aromatic rings. The van der Waals surface area contributed by atoms with Crippen molar-refractivity contribution in [2.75, 3.05) is 20.3 Å². The first-order valence-electron chi connectivity index (χ1n) is 18.8. The van der Waals surface area contributed by atoms with Gasteiger partial charge in [0.05, 0.1) is 6.10 Å². The van der Waals surface area contributed by atoms with Gasteiger partial charge in [-0.3, -0.25) is 43.2 Å². The lowest BCUT2D eigenvalue weighted by molar-refractivity contribution is -0.387. The molecular weight excluding hydrogens is 828 g/mol. The van der Waals surface area contributed by atoms with Crippen LogP contribution in [-0.4, -0.2) is 166 Å². The van der Waals surface area contributed by atoms with Gasteiger partial charge in [-0.1, -0.05) is 0 Å². The van der Waals surface area contributed by atoms with Crippen LogP contribution in [0.4, 0.5) is 0 Å². The summed E-state index contributed by atoms with van der Waals surface area (Å²) in [7, 11) is 1.18. The fourth-order valence-corrected chi connectivity index (χ4v) is 6.72. The summed E-state index contributed by atoms with van der Waals surface area (Å²) in [6.45, 7) is 9.46. The lowest BCUT2D eigenvalue weighted by Gasteiger charge is -2.50. The molecule has 0 aliphatic carbocycles. The predicted octanol–water partition coefficient (Wildman–Crippen LogP) is -0.754. The number of methoxy groups -OCH3 is 1. The van der Waals surface area contributed by atoms with Crippen LogP contribution >= 0.6 is 0 Å². The third kappa shape index (κ3) is 14.6. The second-order valence-electron chi connectivity index (χ2n) is 13.9. The molecule has 0 amide bonds. The fourth-order valence-electron chi connectivity index (χ4n) is 6.72. The SMILES string of the molecule is CO[C@@H]1O[C@H](COC(C)=O)[C@@H](O[C@@H]2O[C@H](COC(C)=O)[C@H](OC(C)=O)[C@H](OC(C)=O)[C@H]2O[C@@H]2O[C@@H](C)[C@@H](OC(C)=O)[C@@H](OC(C)=O)[C@@H]2OC(C)=O)[C@H](OC(C)=O)[C@H]1OC(C)=O. The Labute approximate surface area is 349 Å². The third-order valence-corrected chi connectivity index (χ3v) is 8.74. The van der Waals surface area contributed by atoms with Gasteiger partial charge in [0.2, 0.25) is 0 Å². The summed E-state index contributed by atoms with van der Waals surface area (Å²) >= 11 is 0. The second kappa shape index (κ2) is 22.7. The molecule has 0 unspecified atom stereocenters. The summed E-state index contributed by atoms with van der Waals surface area (Å²) in [5, 5.41) is 0. The average molecular weight is 881 g/mol. The first kappa shape index (κ1) is 50.3. The number of hydrogen-bond donors (Lipinski definition) is 0. The Bertz CT molecular complexity index is 1610. The molecule has 0 aromatic carbocycles. The van der Waals surface area contributed by atoms with E-state index in [1.807, 2.05) is 0 Å². The van der Waals surface area contributed by atoms with E-state index >= 15 is 0 Å². The van der Waals surface area contributed by atoms with E-state index in [2.05, 4.69) is 0 Å². The van der Waals surface area contributed by atoms with Gasteiger partial charge in [-0.25, -0.2) is 0 Å². The molecular formula is C37H52O24. The van der Waals surface area contributed by atoms with Gasteiger partial charge in [-0.2, -0.15) is 0 Å². The van der Waals surface area contributed by atoms with E-state index in [1.54, 1.807) is 0 Å². The second-order valence-corrected chi connectivity index (χ2v) is 13.9. The maximum Gasteiger partial charge on any atom is 0.303 e. The van der Waals surface area contributed by atoms with Crippen LogP contribution in [0.2, 0.25) is 0 Å². The zero-order chi connectivity index (χ0) is 45.9. The monoisotopic (exact) mass is 880 g/mol. The summed E-state index contributed by atoms with van der Waals surface area (Å²) < 4.78 is 85.8. The van der Waals surface area contributed by atoms with Gasteiger partial charge in [0, 0.05) is 69.4 Å². The van der Waals surface area contributed by atoms with Gasteiger partial charge in [-0.15, -0.1) is 0 Å². The van der Waals surface area contributed by atoms with Crippen LogP contribution in [0.25, 0.3) is 0 Å². The van der Waals surface area contributed by atoms with Crippen molar-refractivity contribution in [2.45, 2.75) is 161 Å². The van der Waals surface area contributed by atoms with Crippen molar-refractivity contribution in [3.8, 4) is 0 Å². The molecule has 344 valence electrons. The summed E-state index contributed by atoms with van der Waals surface area (Å²) in [5.41, 5.74) is 0.